The van der Waals surface area contributed by atoms with Crippen molar-refractivity contribution in [2.75, 3.05) is 11.1 Å². The maximum atomic E-state index is 12.7. The minimum absolute atomic E-state index is 0.0950. The molecule has 0 aliphatic heterocycles. The van der Waals surface area contributed by atoms with Gasteiger partial charge in [0.05, 0.1) is 22.2 Å². The maximum absolute atomic E-state index is 12.7. The summed E-state index contributed by atoms with van der Waals surface area (Å²) in [5, 5.41) is 12.8. The fraction of sp³-hybridized carbons (Fsp3) is 0.154. The molecule has 0 atom stereocenters. The van der Waals surface area contributed by atoms with Crippen LogP contribution in [0.3, 0.4) is 0 Å². The van der Waals surface area contributed by atoms with Crippen molar-refractivity contribution in [1.29, 1.82) is 0 Å². The number of nitrogens with one attached hydrogen (secondary N) is 1. The second-order valence-corrected chi connectivity index (χ2v) is 9.20. The van der Waals surface area contributed by atoms with E-state index in [0.29, 0.717) is 27.3 Å². The van der Waals surface area contributed by atoms with Gasteiger partial charge in [0.2, 0.25) is 5.91 Å². The van der Waals surface area contributed by atoms with Gasteiger partial charge in [-0.1, -0.05) is 59.8 Å². The molecule has 0 bridgehead atoms. The Bertz CT molecular complexity index is 1380. The lowest BCUT2D eigenvalue weighted by Gasteiger charge is -2.14. The Morgan fingerprint density at radius 1 is 1.00 bits per heavy atom. The van der Waals surface area contributed by atoms with Gasteiger partial charge in [0.1, 0.15) is 0 Å². The van der Waals surface area contributed by atoms with Crippen LogP contribution in [0, 0.1) is 13.8 Å². The number of hydrogen-bond acceptors (Lipinski definition) is 5. The normalized spacial score (nSPS) is 10.8. The first-order valence-corrected chi connectivity index (χ1v) is 12.0. The minimum Gasteiger partial charge on any atom is -0.325 e. The molecule has 0 fully saturated rings. The Morgan fingerprint density at radius 3 is 2.50 bits per heavy atom. The number of aromatic nitrogens is 3. The van der Waals surface area contributed by atoms with Crippen LogP contribution in [0.25, 0.3) is 17.1 Å². The van der Waals surface area contributed by atoms with E-state index in [0.717, 1.165) is 22.4 Å². The Hall–Kier alpha value is -3.42. The highest BCUT2D eigenvalue weighted by atomic mass is 35.5. The number of hydrogen-bond donors (Lipinski definition) is 1. The highest BCUT2D eigenvalue weighted by Crippen LogP contribution is 2.33. The number of carbonyl (C=O) groups is 2. The molecule has 0 spiro atoms. The van der Waals surface area contributed by atoms with Crippen molar-refractivity contribution in [3.05, 3.63) is 88.4 Å². The van der Waals surface area contributed by atoms with Gasteiger partial charge in [0.25, 0.3) is 0 Å². The van der Waals surface area contributed by atoms with Crippen LogP contribution >= 0.6 is 23.4 Å². The highest BCUT2D eigenvalue weighted by molar-refractivity contribution is 7.99. The smallest absolute Gasteiger partial charge is 0.234 e. The zero-order valence-electron chi connectivity index (χ0n) is 19.0. The van der Waals surface area contributed by atoms with Crippen LogP contribution in [-0.2, 0) is 4.79 Å². The SMILES string of the molecule is CC(=O)c1ccccc1NC(=O)CSc1nnc(-c2ccccc2Cl)n1-c1cc(C)ccc1C. The summed E-state index contributed by atoms with van der Waals surface area (Å²) in [6.45, 7) is 5.52. The van der Waals surface area contributed by atoms with Gasteiger partial charge in [0, 0.05) is 11.1 Å². The zero-order valence-corrected chi connectivity index (χ0v) is 20.6. The molecule has 34 heavy (non-hydrogen) atoms. The summed E-state index contributed by atoms with van der Waals surface area (Å²) in [6, 6.07) is 20.6. The van der Waals surface area contributed by atoms with E-state index in [9.17, 15) is 9.59 Å². The molecule has 4 aromatic rings. The molecule has 4 rings (SSSR count). The van der Waals surface area contributed by atoms with Crippen LogP contribution in [-0.4, -0.2) is 32.2 Å². The first kappa shape index (κ1) is 23.7. The third-order valence-electron chi connectivity index (χ3n) is 5.27. The monoisotopic (exact) mass is 490 g/mol. The molecule has 0 saturated heterocycles. The van der Waals surface area contributed by atoms with Gasteiger partial charge in [-0.05, 0) is 62.2 Å². The summed E-state index contributed by atoms with van der Waals surface area (Å²) in [6.07, 6.45) is 0. The van der Waals surface area contributed by atoms with Gasteiger partial charge in [-0.2, -0.15) is 0 Å². The molecule has 8 heteroatoms. The highest BCUT2D eigenvalue weighted by Gasteiger charge is 2.20. The molecule has 6 nitrogen and oxygen atoms in total. The predicted octanol–water partition coefficient (Wildman–Crippen LogP) is 6.14. The van der Waals surface area contributed by atoms with Crippen molar-refractivity contribution in [3.8, 4) is 17.1 Å². The summed E-state index contributed by atoms with van der Waals surface area (Å²) < 4.78 is 1.94. The van der Waals surface area contributed by atoms with Crippen LogP contribution in [0.5, 0.6) is 0 Å². The number of para-hydroxylation sites is 1. The second-order valence-electron chi connectivity index (χ2n) is 7.85. The number of nitrogens with zero attached hydrogens (tertiary/aromatic N) is 3. The molecule has 1 aromatic heterocycles. The summed E-state index contributed by atoms with van der Waals surface area (Å²) in [5.74, 6) is 0.345. The van der Waals surface area contributed by atoms with Gasteiger partial charge in [-0.25, -0.2) is 0 Å². The molecular formula is C26H23ClN4O2S. The third-order valence-corrected chi connectivity index (χ3v) is 6.53. The lowest BCUT2D eigenvalue weighted by Crippen LogP contribution is -2.16. The molecule has 0 saturated carbocycles. The fourth-order valence-electron chi connectivity index (χ4n) is 3.57. The zero-order chi connectivity index (χ0) is 24.2. The van der Waals surface area contributed by atoms with Crippen molar-refractivity contribution in [2.45, 2.75) is 25.9 Å². The number of carbonyl (C=O) groups excluding carboxylic acids is 2. The van der Waals surface area contributed by atoms with Gasteiger partial charge < -0.3 is 5.32 Å². The summed E-state index contributed by atoms with van der Waals surface area (Å²) in [7, 11) is 0. The Labute approximate surface area is 207 Å². The van der Waals surface area contributed by atoms with Gasteiger partial charge in [-0.15, -0.1) is 10.2 Å². The van der Waals surface area contributed by atoms with E-state index in [2.05, 4.69) is 21.6 Å². The number of ketones is 1. The molecule has 0 unspecified atom stereocenters. The van der Waals surface area contributed by atoms with Crippen LogP contribution in [0.1, 0.15) is 28.4 Å². The largest absolute Gasteiger partial charge is 0.325 e. The van der Waals surface area contributed by atoms with Crippen LogP contribution in [0.4, 0.5) is 5.69 Å². The molecular weight excluding hydrogens is 468 g/mol. The van der Waals surface area contributed by atoms with E-state index in [-0.39, 0.29) is 17.4 Å². The minimum atomic E-state index is -0.242. The molecule has 1 heterocycles. The summed E-state index contributed by atoms with van der Waals surface area (Å²) in [4.78, 5) is 24.6. The Morgan fingerprint density at radius 2 is 1.74 bits per heavy atom. The number of aryl methyl sites for hydroxylation is 2. The number of halogens is 1. The van der Waals surface area contributed by atoms with Crippen LogP contribution in [0.15, 0.2) is 71.9 Å². The molecule has 172 valence electrons. The molecule has 3 aromatic carbocycles. The number of benzene rings is 3. The molecule has 0 radical (unpaired) electrons. The number of thioether (sulfide) groups is 1. The van der Waals surface area contributed by atoms with Crippen molar-refractivity contribution < 1.29 is 9.59 Å². The first-order valence-electron chi connectivity index (χ1n) is 10.7. The van der Waals surface area contributed by atoms with Crippen LogP contribution < -0.4 is 5.32 Å². The summed E-state index contributed by atoms with van der Waals surface area (Å²) >= 11 is 7.75. The van der Waals surface area contributed by atoms with Gasteiger partial charge in [-0.3, -0.25) is 14.2 Å². The number of anilines is 1. The summed E-state index contributed by atoms with van der Waals surface area (Å²) in [5.41, 5.74) is 4.78. The third kappa shape index (κ3) is 5.05. The lowest BCUT2D eigenvalue weighted by atomic mass is 10.1. The van der Waals surface area contributed by atoms with Crippen molar-refractivity contribution in [1.82, 2.24) is 14.8 Å². The van der Waals surface area contributed by atoms with E-state index in [1.165, 1.54) is 18.7 Å². The molecule has 1 N–H and O–H groups in total. The van der Waals surface area contributed by atoms with Crippen LogP contribution in [0.2, 0.25) is 5.02 Å². The second kappa shape index (κ2) is 10.2. The van der Waals surface area contributed by atoms with E-state index in [4.69, 9.17) is 11.6 Å². The lowest BCUT2D eigenvalue weighted by molar-refractivity contribution is -0.113. The first-order chi connectivity index (χ1) is 16.3. The van der Waals surface area contributed by atoms with E-state index in [1.807, 2.05) is 54.8 Å². The van der Waals surface area contributed by atoms with Gasteiger partial charge in [0.15, 0.2) is 16.8 Å². The maximum Gasteiger partial charge on any atom is 0.234 e. The van der Waals surface area contributed by atoms with Crippen molar-refractivity contribution >= 4 is 40.7 Å². The quantitative estimate of drug-likeness (QED) is 0.249. The Kier molecular flexibility index (Phi) is 7.14. The molecule has 0 aliphatic carbocycles. The number of amides is 1. The fourth-order valence-corrected chi connectivity index (χ4v) is 4.54. The molecule has 0 aliphatic rings. The average Bonchev–Trinajstić information content (AvgIpc) is 3.23. The molecule has 1 amide bonds. The predicted molar refractivity (Wildman–Crippen MR) is 137 cm³/mol. The van der Waals surface area contributed by atoms with E-state index >= 15 is 0 Å². The average molecular weight is 491 g/mol. The van der Waals surface area contributed by atoms with E-state index < -0.39 is 0 Å². The Balaban J connectivity index is 1.66. The topological polar surface area (TPSA) is 76.9 Å². The van der Waals surface area contributed by atoms with Crippen molar-refractivity contribution in [3.63, 3.8) is 0 Å². The van der Waals surface area contributed by atoms with Crippen molar-refractivity contribution in [2.24, 2.45) is 0 Å². The van der Waals surface area contributed by atoms with Gasteiger partial charge >= 0.3 is 0 Å². The van der Waals surface area contributed by atoms with E-state index in [1.54, 1.807) is 24.3 Å². The number of Topliss-reactive ketones (excluding diaryl/α,β-unsaturated/α-hetero) is 1. The standard InChI is InChI=1S/C26H23ClN4O2S/c1-16-12-13-17(2)23(14-16)31-25(20-9-4-6-10-21(20)27)29-30-26(31)34-15-24(33)28-22-11-7-5-8-19(22)18(3)32/h4-14H,15H2,1-3H3,(H,28,33). The number of rotatable bonds is 7.